The molecule has 2 aromatic carbocycles. The number of pyridine rings is 1. The third-order valence-electron chi connectivity index (χ3n) is 4.61. The van der Waals surface area contributed by atoms with Crippen molar-refractivity contribution >= 4 is 21.5 Å². The second kappa shape index (κ2) is 9.24. The van der Waals surface area contributed by atoms with Gasteiger partial charge in [0.25, 0.3) is 10.0 Å². The highest BCUT2D eigenvalue weighted by Gasteiger charge is 2.18. The van der Waals surface area contributed by atoms with Crippen LogP contribution in [0.2, 0.25) is 0 Å². The molecule has 0 fully saturated rings. The average molecular weight is 443 g/mol. The Hall–Kier alpha value is -4.29. The first-order valence-corrected chi connectivity index (χ1v) is 11.1. The molecule has 0 atom stereocenters. The maximum Gasteiger partial charge on any atom is 0.263 e. The molecule has 158 valence electrons. The summed E-state index contributed by atoms with van der Waals surface area (Å²) in [6.45, 7) is 0.616. The first-order valence-electron chi connectivity index (χ1n) is 9.62. The van der Waals surface area contributed by atoms with E-state index in [0.29, 0.717) is 17.8 Å². The lowest BCUT2D eigenvalue weighted by atomic mass is 10.1. The van der Waals surface area contributed by atoms with Crippen molar-refractivity contribution in [3.63, 3.8) is 0 Å². The second-order valence-corrected chi connectivity index (χ2v) is 8.47. The highest BCUT2D eigenvalue weighted by molar-refractivity contribution is 7.92. The molecule has 0 bridgehead atoms. The lowest BCUT2D eigenvalue weighted by Crippen LogP contribution is -2.15. The fraction of sp³-hybridized carbons (Fsp3) is 0.0435. The van der Waals surface area contributed by atoms with E-state index < -0.39 is 10.0 Å². The van der Waals surface area contributed by atoms with E-state index in [1.165, 1.54) is 36.7 Å². The van der Waals surface area contributed by atoms with Gasteiger partial charge in [0.2, 0.25) is 0 Å². The fourth-order valence-corrected chi connectivity index (χ4v) is 3.99. The van der Waals surface area contributed by atoms with E-state index in [0.717, 1.165) is 16.8 Å². The Morgan fingerprint density at radius 2 is 1.66 bits per heavy atom. The molecule has 2 aromatic heterocycles. The summed E-state index contributed by atoms with van der Waals surface area (Å²) >= 11 is 0. The van der Waals surface area contributed by atoms with Gasteiger partial charge < -0.3 is 5.32 Å². The van der Waals surface area contributed by atoms with E-state index in [2.05, 4.69) is 25.0 Å². The van der Waals surface area contributed by atoms with Gasteiger partial charge in [-0.25, -0.2) is 13.4 Å². The van der Waals surface area contributed by atoms with E-state index in [-0.39, 0.29) is 10.7 Å². The number of hydrogen-bond acceptors (Lipinski definition) is 7. The van der Waals surface area contributed by atoms with Crippen LogP contribution in [-0.4, -0.2) is 23.4 Å². The number of anilines is 2. The molecule has 0 aliphatic rings. The Bertz CT molecular complexity index is 1350. The Morgan fingerprint density at radius 1 is 0.906 bits per heavy atom. The third kappa shape index (κ3) is 4.88. The van der Waals surface area contributed by atoms with Gasteiger partial charge in [-0.3, -0.25) is 14.7 Å². The largest absolute Gasteiger partial charge is 0.380 e. The first-order chi connectivity index (χ1) is 15.5. The van der Waals surface area contributed by atoms with Crippen molar-refractivity contribution < 1.29 is 8.42 Å². The number of aromatic nitrogens is 3. The molecule has 32 heavy (non-hydrogen) atoms. The van der Waals surface area contributed by atoms with Gasteiger partial charge in [0.05, 0.1) is 22.2 Å². The van der Waals surface area contributed by atoms with Crippen LogP contribution in [0.4, 0.5) is 11.5 Å². The molecule has 0 unspecified atom stereocenters. The molecular formula is C23H18N6O2S. The molecule has 8 nitrogen and oxygen atoms in total. The number of nitriles is 1. The van der Waals surface area contributed by atoms with Crippen LogP contribution in [0, 0.1) is 11.3 Å². The highest BCUT2D eigenvalue weighted by atomic mass is 32.2. The van der Waals surface area contributed by atoms with E-state index in [1.807, 2.05) is 42.5 Å². The van der Waals surface area contributed by atoms with E-state index in [9.17, 15) is 8.42 Å². The van der Waals surface area contributed by atoms with Crippen LogP contribution in [0.25, 0.3) is 11.3 Å². The summed E-state index contributed by atoms with van der Waals surface area (Å²) in [7, 11) is -3.89. The van der Waals surface area contributed by atoms with Gasteiger partial charge in [-0.15, -0.1) is 0 Å². The zero-order chi connectivity index (χ0) is 22.4. The fourth-order valence-electron chi connectivity index (χ4n) is 2.97. The van der Waals surface area contributed by atoms with Gasteiger partial charge in [0, 0.05) is 36.9 Å². The molecule has 0 spiro atoms. The quantitative estimate of drug-likeness (QED) is 0.446. The maximum atomic E-state index is 12.8. The number of nitrogens with zero attached hydrogens (tertiary/aromatic N) is 4. The van der Waals surface area contributed by atoms with E-state index in [4.69, 9.17) is 5.26 Å². The van der Waals surface area contributed by atoms with E-state index in [1.54, 1.807) is 12.4 Å². The van der Waals surface area contributed by atoms with Crippen molar-refractivity contribution in [3.8, 4) is 17.3 Å². The summed E-state index contributed by atoms with van der Waals surface area (Å²) < 4.78 is 28.1. The van der Waals surface area contributed by atoms with Crippen molar-refractivity contribution in [1.29, 1.82) is 5.26 Å². The molecule has 2 heterocycles. The molecule has 2 N–H and O–H groups in total. The molecule has 0 amide bonds. The summed E-state index contributed by atoms with van der Waals surface area (Å²) in [4.78, 5) is 12.6. The van der Waals surface area contributed by atoms with Crippen molar-refractivity contribution in [3.05, 3.63) is 96.6 Å². The minimum absolute atomic E-state index is 0.0323. The maximum absolute atomic E-state index is 12.8. The van der Waals surface area contributed by atoms with Crippen LogP contribution < -0.4 is 10.0 Å². The summed E-state index contributed by atoms with van der Waals surface area (Å²) in [5, 5.41) is 12.2. The van der Waals surface area contributed by atoms with Crippen LogP contribution in [0.15, 0.2) is 90.3 Å². The molecule has 4 rings (SSSR count). The molecule has 0 radical (unpaired) electrons. The monoisotopic (exact) mass is 442 g/mol. The minimum atomic E-state index is -3.89. The molecule has 0 saturated carbocycles. The Kier molecular flexibility index (Phi) is 6.05. The van der Waals surface area contributed by atoms with Gasteiger partial charge in [-0.05, 0) is 42.0 Å². The van der Waals surface area contributed by atoms with Crippen LogP contribution in [0.5, 0.6) is 0 Å². The molecule has 0 aliphatic heterocycles. The third-order valence-corrected chi connectivity index (χ3v) is 5.96. The van der Waals surface area contributed by atoms with Crippen LogP contribution in [0.3, 0.4) is 0 Å². The van der Waals surface area contributed by atoms with Gasteiger partial charge >= 0.3 is 0 Å². The average Bonchev–Trinajstić information content (AvgIpc) is 2.84. The smallest absolute Gasteiger partial charge is 0.263 e. The summed E-state index contributed by atoms with van der Waals surface area (Å²) in [5.41, 5.74) is 3.48. The van der Waals surface area contributed by atoms with Crippen LogP contribution in [0.1, 0.15) is 11.1 Å². The highest BCUT2D eigenvalue weighted by Crippen LogP contribution is 2.26. The topological polar surface area (TPSA) is 121 Å². The number of benzene rings is 2. The first kappa shape index (κ1) is 21.0. The van der Waals surface area contributed by atoms with Crippen molar-refractivity contribution in [2.24, 2.45) is 0 Å². The standard InChI is InChI=1S/C23H18N6O2S/c24-14-17-5-9-21(10-6-17)32(30,31)29-23-22(26-12-13-27-23)19-7-3-18(4-8-19)15-28-20-2-1-11-25-16-20/h1-13,16,28H,15H2,(H,27,29). The molecular weight excluding hydrogens is 424 g/mol. The Labute approximate surface area is 185 Å². The molecule has 0 aliphatic carbocycles. The zero-order valence-corrected chi connectivity index (χ0v) is 17.6. The van der Waals surface area contributed by atoms with E-state index >= 15 is 0 Å². The van der Waals surface area contributed by atoms with Crippen molar-refractivity contribution in [2.75, 3.05) is 10.0 Å². The van der Waals surface area contributed by atoms with Gasteiger partial charge in [0.15, 0.2) is 5.82 Å². The van der Waals surface area contributed by atoms with Gasteiger partial charge in [-0.1, -0.05) is 24.3 Å². The molecule has 9 heteroatoms. The zero-order valence-electron chi connectivity index (χ0n) is 16.8. The predicted octanol–water partition coefficient (Wildman–Crippen LogP) is 3.82. The Morgan fingerprint density at radius 3 is 2.34 bits per heavy atom. The van der Waals surface area contributed by atoms with Crippen molar-refractivity contribution in [1.82, 2.24) is 15.0 Å². The number of nitrogens with one attached hydrogen (secondary N) is 2. The summed E-state index contributed by atoms with van der Waals surface area (Å²) in [6, 6.07) is 19.0. The van der Waals surface area contributed by atoms with Gasteiger partial charge in [-0.2, -0.15) is 5.26 Å². The summed E-state index contributed by atoms with van der Waals surface area (Å²) in [6.07, 6.45) is 6.40. The SMILES string of the molecule is N#Cc1ccc(S(=O)(=O)Nc2nccnc2-c2ccc(CNc3cccnc3)cc2)cc1. The van der Waals surface area contributed by atoms with Gasteiger partial charge in [0.1, 0.15) is 5.69 Å². The molecule has 4 aromatic rings. The second-order valence-electron chi connectivity index (χ2n) is 6.79. The lowest BCUT2D eigenvalue weighted by Gasteiger charge is -2.12. The van der Waals surface area contributed by atoms with Crippen LogP contribution in [-0.2, 0) is 16.6 Å². The summed E-state index contributed by atoms with van der Waals surface area (Å²) in [5.74, 6) is 0.123. The Balaban J connectivity index is 1.53. The van der Waals surface area contributed by atoms with Crippen molar-refractivity contribution in [2.45, 2.75) is 11.4 Å². The van der Waals surface area contributed by atoms with Crippen LogP contribution >= 0.6 is 0 Å². The lowest BCUT2D eigenvalue weighted by molar-refractivity contribution is 0.601. The number of hydrogen-bond donors (Lipinski definition) is 2. The number of sulfonamides is 1. The number of rotatable bonds is 7. The predicted molar refractivity (Wildman–Crippen MR) is 121 cm³/mol. The normalized spacial score (nSPS) is 10.8. The minimum Gasteiger partial charge on any atom is -0.380 e. The molecule has 0 saturated heterocycles.